The maximum absolute atomic E-state index is 5.67. The Kier molecular flexibility index (Phi) is 3.94. The minimum Gasteiger partial charge on any atom is -0.362 e. The summed E-state index contributed by atoms with van der Waals surface area (Å²) in [7, 11) is 0. The molecule has 0 saturated carbocycles. The van der Waals surface area contributed by atoms with Crippen LogP contribution in [0, 0.1) is 0 Å². The summed E-state index contributed by atoms with van der Waals surface area (Å²) >= 11 is 0. The number of epoxide rings is 1. The quantitative estimate of drug-likeness (QED) is 0.478. The molecule has 80 valence electrons. The van der Waals surface area contributed by atoms with Crippen molar-refractivity contribution >= 4 is 0 Å². The summed E-state index contributed by atoms with van der Waals surface area (Å²) < 4.78 is 5.67. The van der Waals surface area contributed by atoms with Crippen LogP contribution in [0.25, 0.3) is 0 Å². The third-order valence-electron chi connectivity index (χ3n) is 2.68. The Labute approximate surface area is 87.8 Å². The fourth-order valence-corrected chi connectivity index (χ4v) is 1.61. The first-order valence-electron chi connectivity index (χ1n) is 5.56. The maximum Gasteiger partial charge on any atom is 0.105 e. The number of hydrogen-bond acceptors (Lipinski definition) is 1. The van der Waals surface area contributed by atoms with Gasteiger partial charge in [-0.05, 0) is 40.0 Å². The van der Waals surface area contributed by atoms with Crippen molar-refractivity contribution in [2.24, 2.45) is 0 Å². The van der Waals surface area contributed by atoms with Crippen LogP contribution in [0.2, 0.25) is 0 Å². The van der Waals surface area contributed by atoms with Gasteiger partial charge >= 0.3 is 0 Å². The third kappa shape index (κ3) is 3.30. The summed E-state index contributed by atoms with van der Waals surface area (Å²) in [5.41, 5.74) is 1.52. The monoisotopic (exact) mass is 194 g/mol. The largest absolute Gasteiger partial charge is 0.362 e. The topological polar surface area (TPSA) is 12.5 Å². The molecule has 1 rings (SSSR count). The molecular formula is C13H22O. The summed E-state index contributed by atoms with van der Waals surface area (Å²) in [5.74, 6) is 0. The Morgan fingerprint density at radius 1 is 1.43 bits per heavy atom. The van der Waals surface area contributed by atoms with Crippen LogP contribution in [0.5, 0.6) is 0 Å². The zero-order valence-corrected chi connectivity index (χ0v) is 9.84. The van der Waals surface area contributed by atoms with Gasteiger partial charge < -0.3 is 4.74 Å². The summed E-state index contributed by atoms with van der Waals surface area (Å²) in [6.45, 7) is 8.64. The van der Waals surface area contributed by atoms with E-state index in [1.807, 2.05) is 0 Å². The van der Waals surface area contributed by atoms with Gasteiger partial charge in [0.15, 0.2) is 0 Å². The molecule has 0 aromatic heterocycles. The highest BCUT2D eigenvalue weighted by Gasteiger charge is 2.49. The van der Waals surface area contributed by atoms with E-state index in [0.29, 0.717) is 6.10 Å². The fourth-order valence-electron chi connectivity index (χ4n) is 1.61. The highest BCUT2D eigenvalue weighted by Crippen LogP contribution is 2.41. The lowest BCUT2D eigenvalue weighted by Gasteiger charge is -2.02. The molecule has 1 nitrogen and oxygen atoms in total. The van der Waals surface area contributed by atoms with Crippen molar-refractivity contribution < 1.29 is 4.74 Å². The smallest absolute Gasteiger partial charge is 0.105 e. The van der Waals surface area contributed by atoms with Crippen molar-refractivity contribution in [3.8, 4) is 0 Å². The van der Waals surface area contributed by atoms with E-state index in [1.54, 1.807) is 0 Å². The molecule has 1 heterocycles. The van der Waals surface area contributed by atoms with Gasteiger partial charge in [-0.2, -0.15) is 0 Å². The molecule has 0 aromatic rings. The van der Waals surface area contributed by atoms with Crippen molar-refractivity contribution in [1.29, 1.82) is 0 Å². The summed E-state index contributed by atoms with van der Waals surface area (Å²) in [5, 5.41) is 0. The summed E-state index contributed by atoms with van der Waals surface area (Å²) in [6.07, 6.45) is 10.4. The number of hydrogen-bond donors (Lipinski definition) is 0. The fraction of sp³-hybridized carbons (Fsp3) is 0.692. The van der Waals surface area contributed by atoms with E-state index in [1.165, 1.54) is 5.57 Å². The highest BCUT2D eigenvalue weighted by molar-refractivity contribution is 5.11. The molecule has 0 unspecified atom stereocenters. The second-order valence-electron chi connectivity index (χ2n) is 4.51. The van der Waals surface area contributed by atoms with E-state index in [2.05, 4.69) is 45.9 Å². The Balaban J connectivity index is 2.26. The first kappa shape index (κ1) is 11.5. The Bertz CT molecular complexity index is 236. The van der Waals surface area contributed by atoms with Crippen LogP contribution >= 0.6 is 0 Å². The summed E-state index contributed by atoms with van der Waals surface area (Å²) in [4.78, 5) is 0. The van der Waals surface area contributed by atoms with Gasteiger partial charge in [0.1, 0.15) is 6.10 Å². The predicted octanol–water partition coefficient (Wildman–Crippen LogP) is 3.86. The minimum atomic E-state index is 0.123. The van der Waals surface area contributed by atoms with E-state index in [0.717, 1.165) is 19.3 Å². The van der Waals surface area contributed by atoms with Crippen molar-refractivity contribution in [3.05, 3.63) is 23.8 Å². The maximum atomic E-state index is 5.67. The zero-order chi connectivity index (χ0) is 10.6. The highest BCUT2D eigenvalue weighted by atomic mass is 16.6. The van der Waals surface area contributed by atoms with Gasteiger partial charge in [0, 0.05) is 0 Å². The SMILES string of the molecule is CC/C=C\[C@@H]1O[C@]1(C)CCC=C(C)C. The molecule has 1 saturated heterocycles. The van der Waals surface area contributed by atoms with Gasteiger partial charge in [-0.25, -0.2) is 0 Å². The lowest BCUT2D eigenvalue weighted by Crippen LogP contribution is -2.07. The van der Waals surface area contributed by atoms with Gasteiger partial charge in [-0.15, -0.1) is 0 Å². The second kappa shape index (κ2) is 4.79. The van der Waals surface area contributed by atoms with E-state index >= 15 is 0 Å². The van der Waals surface area contributed by atoms with Gasteiger partial charge in [0.25, 0.3) is 0 Å². The number of allylic oxidation sites excluding steroid dienone is 3. The average Bonchev–Trinajstić information content (AvgIpc) is 2.73. The molecule has 2 atom stereocenters. The van der Waals surface area contributed by atoms with E-state index in [-0.39, 0.29) is 5.60 Å². The normalized spacial score (nSPS) is 30.7. The Hall–Kier alpha value is -0.560. The molecule has 0 radical (unpaired) electrons. The lowest BCUT2D eigenvalue weighted by molar-refractivity contribution is 0.303. The van der Waals surface area contributed by atoms with Crippen LogP contribution in [-0.4, -0.2) is 11.7 Å². The van der Waals surface area contributed by atoms with E-state index in [9.17, 15) is 0 Å². The first-order valence-corrected chi connectivity index (χ1v) is 5.56. The standard InChI is InChI=1S/C13H22O/c1-5-6-9-12-13(4,14-12)10-7-8-11(2)3/h6,8-9,12H,5,7,10H2,1-4H3/b9-6-/t12-,13+/m0/s1. The molecule has 1 aliphatic heterocycles. The Morgan fingerprint density at radius 2 is 2.14 bits per heavy atom. The van der Waals surface area contributed by atoms with Crippen LogP contribution in [0.1, 0.15) is 47.0 Å². The molecule has 0 aliphatic carbocycles. The van der Waals surface area contributed by atoms with Crippen molar-refractivity contribution in [1.82, 2.24) is 0 Å². The first-order chi connectivity index (χ1) is 6.58. The second-order valence-corrected chi connectivity index (χ2v) is 4.51. The van der Waals surface area contributed by atoms with Gasteiger partial charge in [-0.3, -0.25) is 0 Å². The van der Waals surface area contributed by atoms with Gasteiger partial charge in [0.2, 0.25) is 0 Å². The molecule has 0 spiro atoms. The van der Waals surface area contributed by atoms with Crippen molar-refractivity contribution in [2.75, 3.05) is 0 Å². The van der Waals surface area contributed by atoms with Crippen LogP contribution in [0.4, 0.5) is 0 Å². The van der Waals surface area contributed by atoms with E-state index < -0.39 is 0 Å². The molecule has 0 bridgehead atoms. The number of rotatable bonds is 5. The van der Waals surface area contributed by atoms with Crippen LogP contribution in [0.15, 0.2) is 23.8 Å². The molecule has 1 aliphatic rings. The molecule has 1 heteroatoms. The molecule has 0 N–H and O–H groups in total. The predicted molar refractivity (Wildman–Crippen MR) is 61.4 cm³/mol. The minimum absolute atomic E-state index is 0.123. The summed E-state index contributed by atoms with van der Waals surface area (Å²) in [6, 6.07) is 0. The molecule has 1 fully saturated rings. The van der Waals surface area contributed by atoms with Crippen LogP contribution in [-0.2, 0) is 4.74 Å². The molecule has 14 heavy (non-hydrogen) atoms. The van der Waals surface area contributed by atoms with Crippen LogP contribution < -0.4 is 0 Å². The zero-order valence-electron chi connectivity index (χ0n) is 9.84. The average molecular weight is 194 g/mol. The van der Waals surface area contributed by atoms with E-state index in [4.69, 9.17) is 4.74 Å². The molecule has 0 amide bonds. The Morgan fingerprint density at radius 3 is 2.71 bits per heavy atom. The van der Waals surface area contributed by atoms with Gasteiger partial charge in [-0.1, -0.05) is 30.7 Å². The lowest BCUT2D eigenvalue weighted by atomic mass is 10.0. The van der Waals surface area contributed by atoms with Crippen LogP contribution in [0.3, 0.4) is 0 Å². The number of ether oxygens (including phenoxy) is 1. The van der Waals surface area contributed by atoms with Crippen molar-refractivity contribution in [2.45, 2.75) is 58.7 Å². The van der Waals surface area contributed by atoms with Crippen molar-refractivity contribution in [3.63, 3.8) is 0 Å². The third-order valence-corrected chi connectivity index (χ3v) is 2.68. The molecular weight excluding hydrogens is 172 g/mol. The van der Waals surface area contributed by atoms with Gasteiger partial charge in [0.05, 0.1) is 5.60 Å². The molecule has 0 aromatic carbocycles.